The minimum Gasteiger partial charge on any atom is -0.312 e. The lowest BCUT2D eigenvalue weighted by Crippen LogP contribution is -2.33. The van der Waals surface area contributed by atoms with E-state index in [4.69, 9.17) is 0 Å². The van der Waals surface area contributed by atoms with Crippen LogP contribution in [0.3, 0.4) is 0 Å². The summed E-state index contributed by atoms with van der Waals surface area (Å²) in [6.45, 7) is 12.7. The topological polar surface area (TPSA) is 29.9 Å². The molecule has 0 bridgehead atoms. The highest BCUT2D eigenvalue weighted by Gasteiger charge is 2.09. The first-order valence-electron chi connectivity index (χ1n) is 5.86. The van der Waals surface area contributed by atoms with E-state index in [2.05, 4.69) is 58.7 Å². The molecule has 1 N–H and O–H groups in total. The van der Waals surface area contributed by atoms with Gasteiger partial charge in [0.25, 0.3) is 0 Å². The highest BCUT2D eigenvalue weighted by molar-refractivity contribution is 9.10. The molecule has 1 atom stereocenters. The Morgan fingerprint density at radius 3 is 2.38 bits per heavy atom. The van der Waals surface area contributed by atoms with Gasteiger partial charge in [0.1, 0.15) is 0 Å². The maximum atomic E-state index is 4.48. The fourth-order valence-corrected chi connectivity index (χ4v) is 1.81. The van der Waals surface area contributed by atoms with Crippen molar-refractivity contribution in [3.63, 3.8) is 0 Å². The van der Waals surface area contributed by atoms with E-state index in [-0.39, 0.29) is 0 Å². The van der Waals surface area contributed by atoms with Crippen LogP contribution in [0.25, 0.3) is 0 Å². The first-order chi connectivity index (χ1) is 7.43. The van der Waals surface area contributed by atoms with Gasteiger partial charge in [-0.2, -0.15) is 5.10 Å². The van der Waals surface area contributed by atoms with Crippen molar-refractivity contribution in [2.45, 2.75) is 47.2 Å². The average Bonchev–Trinajstić information content (AvgIpc) is 2.46. The van der Waals surface area contributed by atoms with Gasteiger partial charge in [-0.25, -0.2) is 0 Å². The largest absolute Gasteiger partial charge is 0.312 e. The highest BCUT2D eigenvalue weighted by atomic mass is 79.9. The number of hydrogen-bond donors (Lipinski definition) is 1. The molecule has 1 heterocycles. The van der Waals surface area contributed by atoms with Crippen LogP contribution in [0.2, 0.25) is 0 Å². The molecule has 0 aliphatic heterocycles. The van der Waals surface area contributed by atoms with Crippen LogP contribution < -0.4 is 5.32 Å². The Kier molecular flexibility index (Phi) is 4.99. The van der Waals surface area contributed by atoms with Gasteiger partial charge in [-0.15, -0.1) is 0 Å². The monoisotopic (exact) mass is 287 g/mol. The maximum absolute atomic E-state index is 4.48. The lowest BCUT2D eigenvalue weighted by molar-refractivity contribution is 0.408. The van der Waals surface area contributed by atoms with E-state index in [1.54, 1.807) is 0 Å². The number of nitrogens with zero attached hydrogens (tertiary/aromatic N) is 2. The van der Waals surface area contributed by atoms with Crippen molar-refractivity contribution in [1.29, 1.82) is 0 Å². The first kappa shape index (κ1) is 13.7. The molecule has 0 aromatic carbocycles. The van der Waals surface area contributed by atoms with Gasteiger partial charge in [0.05, 0.1) is 16.7 Å². The molecule has 0 aliphatic rings. The second kappa shape index (κ2) is 5.82. The van der Waals surface area contributed by atoms with Gasteiger partial charge in [0.15, 0.2) is 0 Å². The molecule has 4 heteroatoms. The van der Waals surface area contributed by atoms with Crippen molar-refractivity contribution in [1.82, 2.24) is 15.1 Å². The third-order valence-electron chi connectivity index (χ3n) is 3.08. The first-order valence-corrected chi connectivity index (χ1v) is 6.65. The van der Waals surface area contributed by atoms with Crippen molar-refractivity contribution >= 4 is 15.9 Å². The summed E-state index contributed by atoms with van der Waals surface area (Å²) in [5.74, 6) is 0.673. The van der Waals surface area contributed by atoms with Gasteiger partial charge >= 0.3 is 0 Å². The summed E-state index contributed by atoms with van der Waals surface area (Å²) in [6, 6.07) is 0.556. The van der Waals surface area contributed by atoms with Crippen LogP contribution >= 0.6 is 15.9 Å². The molecule has 16 heavy (non-hydrogen) atoms. The predicted octanol–water partition coefficient (Wildman–Crippen LogP) is 2.90. The van der Waals surface area contributed by atoms with Crippen LogP contribution in [0.1, 0.15) is 32.2 Å². The van der Waals surface area contributed by atoms with Crippen LogP contribution in [0.5, 0.6) is 0 Å². The van der Waals surface area contributed by atoms with Gasteiger partial charge in [-0.05, 0) is 42.6 Å². The molecule has 0 saturated heterocycles. The molecule has 1 rings (SSSR count). The van der Waals surface area contributed by atoms with E-state index in [9.17, 15) is 0 Å². The molecular formula is C12H22BrN3. The van der Waals surface area contributed by atoms with E-state index in [0.717, 1.165) is 23.3 Å². The van der Waals surface area contributed by atoms with E-state index in [1.165, 1.54) is 5.69 Å². The third-order valence-corrected chi connectivity index (χ3v) is 4.23. The summed E-state index contributed by atoms with van der Waals surface area (Å²) >= 11 is 3.54. The summed E-state index contributed by atoms with van der Waals surface area (Å²) in [5, 5.41) is 7.99. The van der Waals surface area contributed by atoms with Gasteiger partial charge in [-0.1, -0.05) is 13.8 Å². The Morgan fingerprint density at radius 1 is 1.31 bits per heavy atom. The van der Waals surface area contributed by atoms with E-state index >= 15 is 0 Å². The van der Waals surface area contributed by atoms with Crippen LogP contribution in [-0.2, 0) is 6.54 Å². The number of rotatable bonds is 5. The van der Waals surface area contributed by atoms with E-state index < -0.39 is 0 Å². The zero-order valence-corrected chi connectivity index (χ0v) is 12.4. The summed E-state index contributed by atoms with van der Waals surface area (Å²) in [7, 11) is 0. The quantitative estimate of drug-likeness (QED) is 0.903. The molecule has 0 fully saturated rings. The Bertz CT molecular complexity index is 344. The minimum atomic E-state index is 0.556. The van der Waals surface area contributed by atoms with Crippen LogP contribution in [-0.4, -0.2) is 22.4 Å². The van der Waals surface area contributed by atoms with Crippen LogP contribution in [0.4, 0.5) is 0 Å². The normalized spacial score (nSPS) is 13.4. The van der Waals surface area contributed by atoms with Crippen LogP contribution in [0.15, 0.2) is 4.47 Å². The molecule has 1 aromatic rings. The standard InChI is InChI=1S/C12H22BrN3/c1-8(2)9(3)14-6-7-16-11(5)12(13)10(4)15-16/h8-9,14H,6-7H2,1-5H3. The number of aromatic nitrogens is 2. The van der Waals surface area contributed by atoms with E-state index in [0.29, 0.717) is 12.0 Å². The summed E-state index contributed by atoms with van der Waals surface area (Å²) < 4.78 is 3.18. The fraction of sp³-hybridized carbons (Fsp3) is 0.750. The van der Waals surface area contributed by atoms with Gasteiger partial charge in [0.2, 0.25) is 0 Å². The third kappa shape index (κ3) is 3.32. The van der Waals surface area contributed by atoms with Crippen molar-refractivity contribution in [2.24, 2.45) is 5.92 Å². The van der Waals surface area contributed by atoms with Crippen LogP contribution in [0, 0.1) is 19.8 Å². The molecule has 1 aromatic heterocycles. The number of halogens is 1. The number of aryl methyl sites for hydroxylation is 1. The van der Waals surface area contributed by atoms with E-state index in [1.807, 2.05) is 6.92 Å². The SMILES string of the molecule is Cc1nn(CCNC(C)C(C)C)c(C)c1Br. The maximum Gasteiger partial charge on any atom is 0.0738 e. The molecule has 1 unspecified atom stereocenters. The molecule has 0 spiro atoms. The van der Waals surface area contributed by atoms with Crippen molar-refractivity contribution < 1.29 is 0 Å². The second-order valence-corrected chi connectivity index (χ2v) is 5.49. The predicted molar refractivity (Wildman–Crippen MR) is 71.7 cm³/mol. The summed E-state index contributed by atoms with van der Waals surface area (Å²) in [6.07, 6.45) is 0. The summed E-state index contributed by atoms with van der Waals surface area (Å²) in [4.78, 5) is 0. The Morgan fingerprint density at radius 2 is 1.94 bits per heavy atom. The molecule has 0 radical (unpaired) electrons. The zero-order chi connectivity index (χ0) is 12.3. The number of nitrogens with one attached hydrogen (secondary N) is 1. The van der Waals surface area contributed by atoms with Gasteiger partial charge in [0, 0.05) is 18.3 Å². The Balaban J connectivity index is 2.46. The molecule has 0 saturated carbocycles. The minimum absolute atomic E-state index is 0.556. The molecule has 0 aliphatic carbocycles. The molecule has 3 nitrogen and oxygen atoms in total. The lowest BCUT2D eigenvalue weighted by atomic mass is 10.1. The summed E-state index contributed by atoms with van der Waals surface area (Å²) in [5.41, 5.74) is 2.27. The Hall–Kier alpha value is -0.350. The lowest BCUT2D eigenvalue weighted by Gasteiger charge is -2.17. The number of hydrogen-bond acceptors (Lipinski definition) is 2. The van der Waals surface area contributed by atoms with Gasteiger partial charge < -0.3 is 5.32 Å². The smallest absolute Gasteiger partial charge is 0.0738 e. The molecule has 92 valence electrons. The highest BCUT2D eigenvalue weighted by Crippen LogP contribution is 2.19. The van der Waals surface area contributed by atoms with Crippen molar-refractivity contribution in [3.8, 4) is 0 Å². The van der Waals surface area contributed by atoms with Crippen molar-refractivity contribution in [3.05, 3.63) is 15.9 Å². The molecule has 0 amide bonds. The fourth-order valence-electron chi connectivity index (χ4n) is 1.53. The second-order valence-electron chi connectivity index (χ2n) is 4.69. The molecular weight excluding hydrogens is 266 g/mol. The zero-order valence-electron chi connectivity index (χ0n) is 10.8. The average molecular weight is 288 g/mol. The Labute approximate surface area is 107 Å². The van der Waals surface area contributed by atoms with Gasteiger partial charge in [-0.3, -0.25) is 4.68 Å². The van der Waals surface area contributed by atoms with Crippen molar-refractivity contribution in [2.75, 3.05) is 6.54 Å².